The SMILES string of the molecule is CCCCOc1ccc(/C=C2\SC(N3CCN(c4ccccc4)CC3)=NC2=O)cc1. The molecule has 5 nitrogen and oxygen atoms in total. The number of hydrogen-bond donors (Lipinski definition) is 0. The van der Waals surface area contributed by atoms with Crippen LogP contribution >= 0.6 is 11.8 Å². The number of thioether (sulfide) groups is 1. The number of hydrogen-bond acceptors (Lipinski definition) is 5. The number of amidine groups is 1. The highest BCUT2D eigenvalue weighted by molar-refractivity contribution is 8.18. The maximum absolute atomic E-state index is 12.4. The van der Waals surface area contributed by atoms with Gasteiger partial charge in [0, 0.05) is 31.9 Å². The molecule has 2 aromatic rings. The molecular formula is C24H27N3O2S. The summed E-state index contributed by atoms with van der Waals surface area (Å²) in [7, 11) is 0. The Balaban J connectivity index is 1.33. The summed E-state index contributed by atoms with van der Waals surface area (Å²) in [4.78, 5) is 22.0. The Bertz CT molecular complexity index is 917. The van der Waals surface area contributed by atoms with E-state index < -0.39 is 0 Å². The molecule has 30 heavy (non-hydrogen) atoms. The van der Waals surface area contributed by atoms with Gasteiger partial charge in [-0.3, -0.25) is 4.79 Å². The second kappa shape index (κ2) is 9.85. The van der Waals surface area contributed by atoms with Crippen molar-refractivity contribution in [1.29, 1.82) is 0 Å². The van der Waals surface area contributed by atoms with E-state index in [-0.39, 0.29) is 5.91 Å². The molecule has 2 heterocycles. The van der Waals surface area contributed by atoms with Crippen LogP contribution in [0.4, 0.5) is 5.69 Å². The van der Waals surface area contributed by atoms with Crippen LogP contribution in [0.5, 0.6) is 5.75 Å². The second-order valence-corrected chi connectivity index (χ2v) is 8.40. The van der Waals surface area contributed by atoms with Crippen LogP contribution in [-0.4, -0.2) is 48.8 Å². The van der Waals surface area contributed by atoms with E-state index in [1.54, 1.807) is 0 Å². The number of anilines is 1. The molecular weight excluding hydrogens is 394 g/mol. The molecule has 0 aliphatic carbocycles. The number of para-hydroxylation sites is 1. The normalized spacial score (nSPS) is 18.1. The van der Waals surface area contributed by atoms with Crippen LogP contribution in [-0.2, 0) is 4.79 Å². The summed E-state index contributed by atoms with van der Waals surface area (Å²) < 4.78 is 5.70. The average Bonchev–Trinajstić information content (AvgIpc) is 3.16. The fourth-order valence-corrected chi connectivity index (χ4v) is 4.44. The van der Waals surface area contributed by atoms with Crippen molar-refractivity contribution in [2.75, 3.05) is 37.7 Å². The molecule has 0 saturated carbocycles. The topological polar surface area (TPSA) is 45.1 Å². The van der Waals surface area contributed by atoms with Crippen molar-refractivity contribution in [3.8, 4) is 5.75 Å². The molecule has 0 radical (unpaired) electrons. The number of carbonyl (C=O) groups excluding carboxylic acids is 1. The van der Waals surface area contributed by atoms with Crippen LogP contribution in [0.25, 0.3) is 6.08 Å². The monoisotopic (exact) mass is 421 g/mol. The zero-order chi connectivity index (χ0) is 20.8. The lowest BCUT2D eigenvalue weighted by Crippen LogP contribution is -2.47. The zero-order valence-electron chi connectivity index (χ0n) is 17.3. The molecule has 2 aliphatic rings. The Kier molecular flexibility index (Phi) is 6.74. The molecule has 0 aromatic heterocycles. The summed E-state index contributed by atoms with van der Waals surface area (Å²) in [6, 6.07) is 18.3. The smallest absolute Gasteiger partial charge is 0.286 e. The first-order valence-electron chi connectivity index (χ1n) is 10.5. The number of rotatable bonds is 6. The molecule has 0 unspecified atom stereocenters. The highest BCUT2D eigenvalue weighted by Crippen LogP contribution is 2.31. The van der Waals surface area contributed by atoms with Crippen molar-refractivity contribution in [2.45, 2.75) is 19.8 Å². The van der Waals surface area contributed by atoms with Gasteiger partial charge in [-0.15, -0.1) is 0 Å². The Labute approximate surface area is 182 Å². The standard InChI is InChI=1S/C24H27N3O2S/c1-2-3-17-29-21-11-9-19(10-12-21)18-22-23(28)25-24(30-22)27-15-13-26(14-16-27)20-7-5-4-6-8-20/h4-12,18H,2-3,13-17H2,1H3/b22-18-. The average molecular weight is 422 g/mol. The molecule has 2 aliphatic heterocycles. The minimum Gasteiger partial charge on any atom is -0.494 e. The minimum atomic E-state index is -0.149. The molecule has 1 saturated heterocycles. The highest BCUT2D eigenvalue weighted by Gasteiger charge is 2.28. The number of piperazine rings is 1. The van der Waals surface area contributed by atoms with E-state index in [1.807, 2.05) is 36.4 Å². The van der Waals surface area contributed by atoms with Crippen molar-refractivity contribution in [1.82, 2.24) is 4.90 Å². The summed E-state index contributed by atoms with van der Waals surface area (Å²) in [5, 5.41) is 0.818. The van der Waals surface area contributed by atoms with Gasteiger partial charge in [-0.2, -0.15) is 4.99 Å². The molecule has 2 aromatic carbocycles. The first-order valence-corrected chi connectivity index (χ1v) is 11.3. The van der Waals surface area contributed by atoms with Gasteiger partial charge in [0.25, 0.3) is 5.91 Å². The van der Waals surface area contributed by atoms with E-state index in [1.165, 1.54) is 17.4 Å². The fraction of sp³-hybridized carbons (Fsp3) is 0.333. The largest absolute Gasteiger partial charge is 0.494 e. The Hall–Kier alpha value is -2.73. The molecule has 1 amide bonds. The van der Waals surface area contributed by atoms with E-state index in [2.05, 4.69) is 46.0 Å². The molecule has 6 heteroatoms. The highest BCUT2D eigenvalue weighted by atomic mass is 32.2. The minimum absolute atomic E-state index is 0.149. The van der Waals surface area contributed by atoms with Crippen molar-refractivity contribution < 1.29 is 9.53 Å². The number of ether oxygens (including phenoxy) is 1. The van der Waals surface area contributed by atoms with E-state index in [4.69, 9.17) is 4.74 Å². The van der Waals surface area contributed by atoms with Gasteiger partial charge in [0.1, 0.15) is 5.75 Å². The molecule has 0 spiro atoms. The summed E-state index contributed by atoms with van der Waals surface area (Å²) >= 11 is 1.48. The van der Waals surface area contributed by atoms with Crippen LogP contribution in [0.15, 0.2) is 64.5 Å². The van der Waals surface area contributed by atoms with E-state index in [0.29, 0.717) is 4.91 Å². The van der Waals surface area contributed by atoms with Gasteiger partial charge >= 0.3 is 0 Å². The lowest BCUT2D eigenvalue weighted by Gasteiger charge is -2.36. The van der Waals surface area contributed by atoms with Crippen molar-refractivity contribution in [2.24, 2.45) is 4.99 Å². The number of amides is 1. The van der Waals surface area contributed by atoms with Crippen molar-refractivity contribution >= 4 is 34.6 Å². The maximum Gasteiger partial charge on any atom is 0.286 e. The predicted molar refractivity (Wildman–Crippen MR) is 125 cm³/mol. The molecule has 0 N–H and O–H groups in total. The van der Waals surface area contributed by atoms with Crippen molar-refractivity contribution in [3.63, 3.8) is 0 Å². The van der Waals surface area contributed by atoms with E-state index >= 15 is 0 Å². The fourth-order valence-electron chi connectivity index (χ4n) is 3.47. The first kappa shape index (κ1) is 20.5. The van der Waals surface area contributed by atoms with Gasteiger partial charge in [0.2, 0.25) is 0 Å². The van der Waals surface area contributed by atoms with E-state index in [0.717, 1.165) is 62.1 Å². The molecule has 1 fully saturated rings. The Morgan fingerprint density at radius 1 is 1.00 bits per heavy atom. The summed E-state index contributed by atoms with van der Waals surface area (Å²) in [6.45, 7) is 6.47. The molecule has 0 bridgehead atoms. The third kappa shape index (κ3) is 5.05. The zero-order valence-corrected chi connectivity index (χ0v) is 18.1. The van der Waals surface area contributed by atoms with Crippen LogP contribution in [0, 0.1) is 0 Å². The molecule has 156 valence electrons. The van der Waals surface area contributed by atoms with E-state index in [9.17, 15) is 4.79 Å². The van der Waals surface area contributed by atoms with Crippen molar-refractivity contribution in [3.05, 3.63) is 65.1 Å². The van der Waals surface area contributed by atoms with Gasteiger partial charge < -0.3 is 14.5 Å². The number of nitrogens with zero attached hydrogens (tertiary/aromatic N) is 3. The number of aliphatic imine (C=N–C) groups is 1. The lowest BCUT2D eigenvalue weighted by atomic mass is 10.2. The van der Waals surface area contributed by atoms with Crippen LogP contribution < -0.4 is 9.64 Å². The lowest BCUT2D eigenvalue weighted by molar-refractivity contribution is -0.113. The maximum atomic E-state index is 12.4. The first-order chi connectivity index (χ1) is 14.7. The summed E-state index contributed by atoms with van der Waals surface area (Å²) in [6.07, 6.45) is 4.09. The van der Waals surface area contributed by atoms with Crippen LogP contribution in [0.1, 0.15) is 25.3 Å². The number of carbonyl (C=O) groups is 1. The Morgan fingerprint density at radius 3 is 2.40 bits per heavy atom. The summed E-state index contributed by atoms with van der Waals surface area (Å²) in [5.74, 6) is 0.716. The van der Waals surface area contributed by atoms with Gasteiger partial charge in [0.05, 0.1) is 11.5 Å². The third-order valence-electron chi connectivity index (χ3n) is 5.23. The quantitative estimate of drug-likeness (QED) is 0.501. The third-order valence-corrected chi connectivity index (χ3v) is 6.27. The van der Waals surface area contributed by atoms with Gasteiger partial charge in [0.15, 0.2) is 5.17 Å². The van der Waals surface area contributed by atoms with Gasteiger partial charge in [-0.1, -0.05) is 43.7 Å². The molecule has 0 atom stereocenters. The Morgan fingerprint density at radius 2 is 1.70 bits per heavy atom. The van der Waals surface area contributed by atoms with Gasteiger partial charge in [-0.05, 0) is 54.1 Å². The second-order valence-electron chi connectivity index (χ2n) is 7.39. The molecule has 4 rings (SSSR count). The number of unbranched alkanes of at least 4 members (excludes halogenated alkanes) is 1. The van der Waals surface area contributed by atoms with Gasteiger partial charge in [-0.25, -0.2) is 0 Å². The van der Waals surface area contributed by atoms with Crippen LogP contribution in [0.3, 0.4) is 0 Å². The number of benzene rings is 2. The van der Waals surface area contributed by atoms with Crippen LogP contribution in [0.2, 0.25) is 0 Å². The summed E-state index contributed by atoms with van der Waals surface area (Å²) in [5.41, 5.74) is 2.23. The predicted octanol–water partition coefficient (Wildman–Crippen LogP) is 4.66.